The number of hydrogen-bond acceptors (Lipinski definition) is 5. The molecule has 6 heteroatoms. The Bertz CT molecular complexity index is 862. The van der Waals surface area contributed by atoms with Gasteiger partial charge in [0.15, 0.2) is 0 Å². The molecular weight excluding hydrogens is 333 g/mol. The molecular formula is C20H20FN3O2. The van der Waals surface area contributed by atoms with Crippen LogP contribution in [0.4, 0.5) is 4.39 Å². The molecule has 0 radical (unpaired) electrons. The monoisotopic (exact) mass is 353 g/mol. The molecule has 0 N–H and O–H groups in total. The number of aromatic nitrogens is 2. The lowest BCUT2D eigenvalue weighted by molar-refractivity contribution is 0.309. The van der Waals surface area contributed by atoms with E-state index in [4.69, 9.17) is 9.26 Å². The Morgan fingerprint density at radius 3 is 2.65 bits per heavy atom. The van der Waals surface area contributed by atoms with Crippen LogP contribution in [0, 0.1) is 5.82 Å². The molecule has 0 amide bonds. The molecule has 26 heavy (non-hydrogen) atoms. The third-order valence-corrected chi connectivity index (χ3v) is 4.73. The van der Waals surface area contributed by atoms with Crippen molar-refractivity contribution in [3.05, 3.63) is 65.8 Å². The first-order chi connectivity index (χ1) is 12.7. The summed E-state index contributed by atoms with van der Waals surface area (Å²) in [5, 5.41) is 4.12. The van der Waals surface area contributed by atoms with Crippen molar-refractivity contribution in [2.45, 2.75) is 18.9 Å². The van der Waals surface area contributed by atoms with Crippen molar-refractivity contribution in [2.24, 2.45) is 0 Å². The fourth-order valence-electron chi connectivity index (χ4n) is 3.28. The Kier molecular flexibility index (Phi) is 4.67. The van der Waals surface area contributed by atoms with Crippen molar-refractivity contribution in [2.75, 3.05) is 20.2 Å². The molecule has 5 nitrogen and oxygen atoms in total. The first-order valence-electron chi connectivity index (χ1n) is 8.66. The Hall–Kier alpha value is -2.73. The molecule has 1 unspecified atom stereocenters. The van der Waals surface area contributed by atoms with E-state index < -0.39 is 0 Å². The van der Waals surface area contributed by atoms with Crippen molar-refractivity contribution in [3.63, 3.8) is 0 Å². The summed E-state index contributed by atoms with van der Waals surface area (Å²) in [5.41, 5.74) is 2.01. The lowest BCUT2D eigenvalue weighted by Crippen LogP contribution is -2.19. The molecule has 1 atom stereocenters. The first kappa shape index (κ1) is 16.7. The maximum absolute atomic E-state index is 13.0. The van der Waals surface area contributed by atoms with Gasteiger partial charge in [0, 0.05) is 18.7 Å². The molecule has 4 rings (SSSR count). The molecule has 1 aliphatic heterocycles. The Morgan fingerprint density at radius 1 is 1.15 bits per heavy atom. The summed E-state index contributed by atoms with van der Waals surface area (Å²) in [6.07, 6.45) is 0.978. The Balaban J connectivity index is 1.41. The fraction of sp³-hybridized carbons (Fsp3) is 0.300. The molecule has 0 aliphatic carbocycles. The second-order valence-corrected chi connectivity index (χ2v) is 6.53. The van der Waals surface area contributed by atoms with Crippen molar-refractivity contribution >= 4 is 0 Å². The Labute approximate surface area is 151 Å². The maximum atomic E-state index is 13.0. The van der Waals surface area contributed by atoms with E-state index in [1.165, 1.54) is 12.1 Å². The van der Waals surface area contributed by atoms with Crippen LogP contribution in [0.1, 0.15) is 23.8 Å². The number of methoxy groups -OCH3 is 1. The molecule has 2 aromatic carbocycles. The van der Waals surface area contributed by atoms with E-state index >= 15 is 0 Å². The summed E-state index contributed by atoms with van der Waals surface area (Å²) in [4.78, 5) is 6.90. The van der Waals surface area contributed by atoms with Crippen molar-refractivity contribution in [1.82, 2.24) is 15.0 Å². The number of ether oxygens (including phenoxy) is 1. The third kappa shape index (κ3) is 3.60. The van der Waals surface area contributed by atoms with Crippen LogP contribution in [0.3, 0.4) is 0 Å². The van der Waals surface area contributed by atoms with E-state index in [9.17, 15) is 4.39 Å². The van der Waals surface area contributed by atoms with Gasteiger partial charge in [-0.1, -0.05) is 17.3 Å². The van der Waals surface area contributed by atoms with Crippen LogP contribution in [0.15, 0.2) is 53.1 Å². The standard InChI is InChI=1S/C20H20FN3O2/c1-25-18-8-4-15(5-9-18)19-22-20(26-23-19)16-10-11-24(13-16)12-14-2-6-17(21)7-3-14/h2-9,16H,10-13H2,1H3. The van der Waals surface area contributed by atoms with Crippen LogP contribution < -0.4 is 4.74 Å². The van der Waals surface area contributed by atoms with E-state index in [1.807, 2.05) is 36.4 Å². The van der Waals surface area contributed by atoms with Crippen LogP contribution in [-0.2, 0) is 6.54 Å². The Morgan fingerprint density at radius 2 is 1.92 bits per heavy atom. The van der Waals surface area contributed by atoms with Gasteiger partial charge in [-0.15, -0.1) is 0 Å². The van der Waals surface area contributed by atoms with Gasteiger partial charge in [0.2, 0.25) is 11.7 Å². The van der Waals surface area contributed by atoms with Gasteiger partial charge in [-0.05, 0) is 54.9 Å². The quantitative estimate of drug-likeness (QED) is 0.697. The molecule has 1 aromatic heterocycles. The van der Waals surface area contributed by atoms with Crippen LogP contribution in [-0.4, -0.2) is 35.2 Å². The van der Waals surface area contributed by atoms with Gasteiger partial charge >= 0.3 is 0 Å². The van der Waals surface area contributed by atoms with Crippen LogP contribution >= 0.6 is 0 Å². The van der Waals surface area contributed by atoms with Gasteiger partial charge in [-0.2, -0.15) is 4.98 Å². The first-order valence-corrected chi connectivity index (χ1v) is 8.66. The minimum Gasteiger partial charge on any atom is -0.497 e. The predicted molar refractivity (Wildman–Crippen MR) is 95.3 cm³/mol. The highest BCUT2D eigenvalue weighted by Gasteiger charge is 2.28. The fourth-order valence-corrected chi connectivity index (χ4v) is 3.28. The molecule has 3 aromatic rings. The summed E-state index contributed by atoms with van der Waals surface area (Å²) in [5.74, 6) is 2.10. The predicted octanol–water partition coefficient (Wildman–Crippen LogP) is 3.87. The second-order valence-electron chi connectivity index (χ2n) is 6.53. The van der Waals surface area contributed by atoms with Gasteiger partial charge in [0.1, 0.15) is 11.6 Å². The summed E-state index contributed by atoms with van der Waals surface area (Å²) >= 11 is 0. The largest absolute Gasteiger partial charge is 0.497 e. The van der Waals surface area contributed by atoms with E-state index in [0.29, 0.717) is 11.7 Å². The van der Waals surface area contributed by atoms with Gasteiger partial charge in [-0.3, -0.25) is 4.90 Å². The molecule has 1 saturated heterocycles. The summed E-state index contributed by atoms with van der Waals surface area (Å²) in [7, 11) is 1.64. The number of benzene rings is 2. The highest BCUT2D eigenvalue weighted by Crippen LogP contribution is 2.29. The molecule has 0 spiro atoms. The van der Waals surface area contributed by atoms with E-state index in [-0.39, 0.29) is 11.7 Å². The van der Waals surface area contributed by atoms with Gasteiger partial charge in [-0.25, -0.2) is 4.39 Å². The zero-order chi connectivity index (χ0) is 17.9. The highest BCUT2D eigenvalue weighted by atomic mass is 19.1. The van der Waals surface area contributed by atoms with E-state index in [1.54, 1.807) is 7.11 Å². The average Bonchev–Trinajstić information content (AvgIpc) is 3.33. The van der Waals surface area contributed by atoms with Crippen molar-refractivity contribution in [1.29, 1.82) is 0 Å². The van der Waals surface area contributed by atoms with Gasteiger partial charge < -0.3 is 9.26 Å². The lowest BCUT2D eigenvalue weighted by atomic mass is 10.1. The van der Waals surface area contributed by atoms with Crippen LogP contribution in [0.2, 0.25) is 0 Å². The zero-order valence-corrected chi connectivity index (χ0v) is 14.6. The highest BCUT2D eigenvalue weighted by molar-refractivity contribution is 5.55. The number of rotatable bonds is 5. The maximum Gasteiger partial charge on any atom is 0.231 e. The SMILES string of the molecule is COc1ccc(-c2noc(C3CCN(Cc4ccc(F)cc4)C3)n2)cc1. The summed E-state index contributed by atoms with van der Waals surface area (Å²) in [6.45, 7) is 2.63. The number of halogens is 1. The van der Waals surface area contributed by atoms with Crippen molar-refractivity contribution in [3.8, 4) is 17.1 Å². The summed E-state index contributed by atoms with van der Waals surface area (Å²) < 4.78 is 23.7. The third-order valence-electron chi connectivity index (χ3n) is 4.73. The number of hydrogen-bond donors (Lipinski definition) is 0. The average molecular weight is 353 g/mol. The zero-order valence-electron chi connectivity index (χ0n) is 14.6. The molecule has 0 saturated carbocycles. The van der Waals surface area contributed by atoms with Gasteiger partial charge in [0.25, 0.3) is 0 Å². The smallest absolute Gasteiger partial charge is 0.231 e. The second kappa shape index (κ2) is 7.25. The topological polar surface area (TPSA) is 51.4 Å². The van der Waals surface area contributed by atoms with Crippen LogP contribution in [0.25, 0.3) is 11.4 Å². The minimum atomic E-state index is -0.204. The summed E-state index contributed by atoms with van der Waals surface area (Å²) in [6, 6.07) is 14.3. The lowest BCUT2D eigenvalue weighted by Gasteiger charge is -2.15. The minimum absolute atomic E-state index is 0.204. The molecule has 1 aliphatic rings. The van der Waals surface area contributed by atoms with Crippen molar-refractivity contribution < 1.29 is 13.7 Å². The molecule has 1 fully saturated rings. The number of nitrogens with zero attached hydrogens (tertiary/aromatic N) is 3. The van der Waals surface area contributed by atoms with E-state index in [2.05, 4.69) is 15.0 Å². The normalized spacial score (nSPS) is 17.5. The van der Waals surface area contributed by atoms with E-state index in [0.717, 1.165) is 42.9 Å². The molecule has 134 valence electrons. The van der Waals surface area contributed by atoms with Gasteiger partial charge in [0.05, 0.1) is 13.0 Å². The molecule has 0 bridgehead atoms. The van der Waals surface area contributed by atoms with Crippen LogP contribution in [0.5, 0.6) is 5.75 Å². The number of likely N-dealkylation sites (tertiary alicyclic amines) is 1. The molecule has 2 heterocycles.